The largest absolute Gasteiger partial charge is 0.478 e. The summed E-state index contributed by atoms with van der Waals surface area (Å²) in [5.41, 5.74) is 2.85. The zero-order valence-electron chi connectivity index (χ0n) is 11.3. The van der Waals surface area contributed by atoms with Gasteiger partial charge in [-0.05, 0) is 24.1 Å². The highest BCUT2D eigenvalue weighted by Crippen LogP contribution is 2.13. The number of nitrogens with zero attached hydrogens (tertiary/aromatic N) is 2. The van der Waals surface area contributed by atoms with Gasteiger partial charge in [0.2, 0.25) is 0 Å². The lowest BCUT2D eigenvalue weighted by Crippen LogP contribution is -2.10. The van der Waals surface area contributed by atoms with E-state index in [4.69, 9.17) is 5.11 Å². The second kappa shape index (κ2) is 6.65. The third-order valence-electron chi connectivity index (χ3n) is 2.98. The summed E-state index contributed by atoms with van der Waals surface area (Å²) in [5.74, 6) is -1.01. The van der Waals surface area contributed by atoms with Gasteiger partial charge in [-0.25, -0.2) is 14.8 Å². The Balaban J connectivity index is 2.03. The lowest BCUT2D eigenvalue weighted by Gasteiger charge is -2.08. The number of hydrogen-bond donors (Lipinski definition) is 2. The number of rotatable bonds is 6. The lowest BCUT2D eigenvalue weighted by atomic mass is 10.1. The molecule has 5 heteroatoms. The second-order valence-corrected chi connectivity index (χ2v) is 4.49. The molecule has 0 aliphatic heterocycles. The zero-order chi connectivity index (χ0) is 14.4. The first-order valence-electron chi connectivity index (χ1n) is 6.55. The van der Waals surface area contributed by atoms with E-state index in [1.165, 1.54) is 18.1 Å². The highest BCUT2D eigenvalue weighted by molar-refractivity contribution is 5.88. The van der Waals surface area contributed by atoms with Crippen molar-refractivity contribution in [3.8, 4) is 0 Å². The van der Waals surface area contributed by atoms with Crippen molar-refractivity contribution in [3.63, 3.8) is 0 Å². The van der Waals surface area contributed by atoms with Crippen molar-refractivity contribution in [1.29, 1.82) is 0 Å². The number of benzene rings is 1. The Hall–Kier alpha value is -2.43. The molecule has 0 radical (unpaired) electrons. The Bertz CT molecular complexity index is 582. The number of carboxylic acids is 1. The number of aromatic nitrogens is 2. The van der Waals surface area contributed by atoms with Crippen LogP contribution < -0.4 is 5.32 Å². The van der Waals surface area contributed by atoms with Crippen LogP contribution in [0.15, 0.2) is 36.8 Å². The number of carboxylic acid groups (broad SMARTS) is 1. The van der Waals surface area contributed by atoms with Crippen LogP contribution in [0.3, 0.4) is 0 Å². The molecule has 0 amide bonds. The van der Waals surface area contributed by atoms with Crippen molar-refractivity contribution in [2.45, 2.75) is 26.3 Å². The molecule has 0 aliphatic carbocycles. The minimum Gasteiger partial charge on any atom is -0.478 e. The summed E-state index contributed by atoms with van der Waals surface area (Å²) in [4.78, 5) is 18.8. The molecule has 1 aromatic carbocycles. The van der Waals surface area contributed by atoms with Gasteiger partial charge in [0.15, 0.2) is 0 Å². The fourth-order valence-corrected chi connectivity index (χ4v) is 1.94. The van der Waals surface area contributed by atoms with Crippen molar-refractivity contribution in [2.24, 2.45) is 0 Å². The van der Waals surface area contributed by atoms with Crippen molar-refractivity contribution in [1.82, 2.24) is 9.97 Å². The van der Waals surface area contributed by atoms with Crippen molar-refractivity contribution in [3.05, 3.63) is 53.6 Å². The zero-order valence-corrected chi connectivity index (χ0v) is 11.3. The first-order chi connectivity index (χ1) is 9.70. The van der Waals surface area contributed by atoms with Crippen LogP contribution in [0.25, 0.3) is 0 Å². The number of anilines is 1. The van der Waals surface area contributed by atoms with Gasteiger partial charge < -0.3 is 10.4 Å². The van der Waals surface area contributed by atoms with Crippen LogP contribution in [0.4, 0.5) is 5.69 Å². The average Bonchev–Trinajstić information content (AvgIpc) is 2.47. The molecule has 20 heavy (non-hydrogen) atoms. The highest BCUT2D eigenvalue weighted by Gasteiger charge is 2.10. The monoisotopic (exact) mass is 271 g/mol. The number of aromatic carboxylic acids is 1. The summed E-state index contributed by atoms with van der Waals surface area (Å²) in [7, 11) is 0. The predicted octanol–water partition coefficient (Wildman–Crippen LogP) is 2.74. The van der Waals surface area contributed by atoms with Crippen LogP contribution in [0.1, 0.15) is 35.0 Å². The molecule has 0 fully saturated rings. The summed E-state index contributed by atoms with van der Waals surface area (Å²) >= 11 is 0. The molecule has 1 aromatic heterocycles. The first-order valence-corrected chi connectivity index (χ1v) is 6.55. The van der Waals surface area contributed by atoms with E-state index in [0.29, 0.717) is 12.2 Å². The molecule has 0 saturated heterocycles. The van der Waals surface area contributed by atoms with Gasteiger partial charge in [0, 0.05) is 11.9 Å². The van der Waals surface area contributed by atoms with Crippen LogP contribution in [0.5, 0.6) is 0 Å². The SMILES string of the molecule is CCCc1ccc(NCc2ncncc2C(=O)O)cc1. The van der Waals surface area contributed by atoms with Gasteiger partial charge >= 0.3 is 5.97 Å². The molecule has 0 aliphatic rings. The number of nitrogens with one attached hydrogen (secondary N) is 1. The Morgan fingerprint density at radius 2 is 2.05 bits per heavy atom. The number of hydrogen-bond acceptors (Lipinski definition) is 4. The van der Waals surface area contributed by atoms with E-state index in [9.17, 15) is 4.79 Å². The van der Waals surface area contributed by atoms with E-state index in [1.54, 1.807) is 0 Å². The third kappa shape index (κ3) is 3.54. The molecule has 0 bridgehead atoms. The van der Waals surface area contributed by atoms with Gasteiger partial charge in [-0.3, -0.25) is 0 Å². The molecule has 1 heterocycles. The van der Waals surface area contributed by atoms with E-state index in [1.807, 2.05) is 12.1 Å². The van der Waals surface area contributed by atoms with E-state index in [-0.39, 0.29) is 5.56 Å². The predicted molar refractivity (Wildman–Crippen MR) is 76.8 cm³/mol. The molecule has 2 aromatic rings. The molecular weight excluding hydrogens is 254 g/mol. The Morgan fingerprint density at radius 1 is 1.30 bits per heavy atom. The number of aryl methyl sites for hydroxylation is 1. The summed E-state index contributed by atoms with van der Waals surface area (Å²) in [6, 6.07) is 8.13. The normalized spacial score (nSPS) is 10.2. The first kappa shape index (κ1) is 14.0. The second-order valence-electron chi connectivity index (χ2n) is 4.49. The summed E-state index contributed by atoms with van der Waals surface area (Å²) in [6.45, 7) is 2.51. The fraction of sp³-hybridized carbons (Fsp3) is 0.267. The van der Waals surface area contributed by atoms with E-state index in [0.717, 1.165) is 18.5 Å². The van der Waals surface area contributed by atoms with Crippen molar-refractivity contribution >= 4 is 11.7 Å². The quantitative estimate of drug-likeness (QED) is 0.845. The van der Waals surface area contributed by atoms with Crippen LogP contribution in [-0.2, 0) is 13.0 Å². The highest BCUT2D eigenvalue weighted by atomic mass is 16.4. The Labute approximate surface area is 117 Å². The van der Waals surface area contributed by atoms with Gasteiger partial charge in [-0.2, -0.15) is 0 Å². The average molecular weight is 271 g/mol. The third-order valence-corrected chi connectivity index (χ3v) is 2.98. The smallest absolute Gasteiger partial charge is 0.339 e. The van der Waals surface area contributed by atoms with Crippen LogP contribution >= 0.6 is 0 Å². The van der Waals surface area contributed by atoms with E-state index in [2.05, 4.69) is 34.3 Å². The molecule has 0 spiro atoms. The van der Waals surface area contributed by atoms with Crippen LogP contribution in [0, 0.1) is 0 Å². The standard InChI is InChI=1S/C15H17N3O2/c1-2-3-11-4-6-12(7-5-11)17-9-14-13(15(19)20)8-16-10-18-14/h4-8,10,17H,2-3,9H2,1H3,(H,19,20). The van der Waals surface area contributed by atoms with Crippen LogP contribution in [-0.4, -0.2) is 21.0 Å². The van der Waals surface area contributed by atoms with Gasteiger partial charge in [-0.15, -0.1) is 0 Å². The molecule has 104 valence electrons. The van der Waals surface area contributed by atoms with Gasteiger partial charge in [-0.1, -0.05) is 25.5 Å². The summed E-state index contributed by atoms with van der Waals surface area (Å²) in [5, 5.41) is 12.2. The minimum absolute atomic E-state index is 0.127. The van der Waals surface area contributed by atoms with Gasteiger partial charge in [0.25, 0.3) is 0 Å². The van der Waals surface area contributed by atoms with Crippen LogP contribution in [0.2, 0.25) is 0 Å². The molecule has 5 nitrogen and oxygen atoms in total. The molecule has 0 saturated carbocycles. The molecular formula is C15H17N3O2. The summed E-state index contributed by atoms with van der Waals surface area (Å²) < 4.78 is 0. The maximum atomic E-state index is 11.0. The molecule has 2 N–H and O–H groups in total. The molecule has 2 rings (SSSR count). The fourth-order valence-electron chi connectivity index (χ4n) is 1.94. The van der Waals surface area contributed by atoms with Gasteiger partial charge in [0.05, 0.1) is 12.2 Å². The van der Waals surface area contributed by atoms with Gasteiger partial charge in [0.1, 0.15) is 11.9 Å². The number of carbonyl (C=O) groups is 1. The maximum Gasteiger partial charge on any atom is 0.339 e. The molecule has 0 atom stereocenters. The van der Waals surface area contributed by atoms with E-state index < -0.39 is 5.97 Å². The minimum atomic E-state index is -1.01. The van der Waals surface area contributed by atoms with E-state index >= 15 is 0 Å². The maximum absolute atomic E-state index is 11.0. The van der Waals surface area contributed by atoms with Crippen molar-refractivity contribution in [2.75, 3.05) is 5.32 Å². The molecule has 0 unspecified atom stereocenters. The van der Waals surface area contributed by atoms with Crippen molar-refractivity contribution < 1.29 is 9.90 Å². The Kier molecular flexibility index (Phi) is 4.65. The Morgan fingerprint density at radius 3 is 2.70 bits per heavy atom. The topological polar surface area (TPSA) is 75.1 Å². The summed E-state index contributed by atoms with van der Waals surface area (Å²) in [6.07, 6.45) is 4.86. The lowest BCUT2D eigenvalue weighted by molar-refractivity contribution is 0.0694.